The Morgan fingerprint density at radius 3 is 2.50 bits per heavy atom. The van der Waals surface area contributed by atoms with Gasteiger partial charge in [0.05, 0.1) is 18.8 Å². The number of ether oxygens (including phenoxy) is 1. The maximum absolute atomic E-state index is 8.74. The summed E-state index contributed by atoms with van der Waals surface area (Å²) in [7, 11) is 0. The number of aliphatic hydroxyl groups excluding tert-OH is 1. The van der Waals surface area contributed by atoms with E-state index in [2.05, 4.69) is 0 Å². The molecule has 0 heterocycles. The molecule has 10 heavy (non-hydrogen) atoms. The lowest BCUT2D eigenvalue weighted by Crippen LogP contribution is -2.28. The predicted molar refractivity (Wildman–Crippen MR) is 41.9 cm³/mol. The monoisotopic (exact) mass is 144 g/mol. The molecule has 0 saturated heterocycles. The van der Waals surface area contributed by atoms with Crippen molar-refractivity contribution in [1.29, 1.82) is 0 Å². The second-order valence-electron chi connectivity index (χ2n) is 2.80. The molecule has 0 aliphatic heterocycles. The zero-order chi connectivity index (χ0) is 8.04. The Bertz CT molecular complexity index is 106. The van der Waals surface area contributed by atoms with E-state index in [9.17, 15) is 0 Å². The molecule has 2 nitrogen and oxygen atoms in total. The van der Waals surface area contributed by atoms with Crippen molar-refractivity contribution in [3.05, 3.63) is 12.2 Å². The van der Waals surface area contributed by atoms with Crippen LogP contribution in [0.25, 0.3) is 0 Å². The van der Waals surface area contributed by atoms with Gasteiger partial charge in [0.1, 0.15) is 0 Å². The molecule has 0 aromatic carbocycles. The predicted octanol–water partition coefficient (Wildman–Crippen LogP) is 1.35. The van der Waals surface area contributed by atoms with Crippen molar-refractivity contribution >= 4 is 0 Å². The second kappa shape index (κ2) is 4.47. The van der Waals surface area contributed by atoms with Gasteiger partial charge in [0.2, 0.25) is 0 Å². The summed E-state index contributed by atoms with van der Waals surface area (Å²) in [5.41, 5.74) is -0.403. The van der Waals surface area contributed by atoms with Gasteiger partial charge >= 0.3 is 0 Å². The van der Waals surface area contributed by atoms with Gasteiger partial charge in [0, 0.05) is 0 Å². The normalized spacial score (nSPS) is 12.8. The van der Waals surface area contributed by atoms with Gasteiger partial charge in [-0.2, -0.15) is 0 Å². The highest BCUT2D eigenvalue weighted by Gasteiger charge is 2.14. The summed E-state index contributed by atoms with van der Waals surface area (Å²) in [6.45, 7) is 6.29. The number of hydrogen-bond donors (Lipinski definition) is 1. The fourth-order valence-electron chi connectivity index (χ4n) is 0.416. The van der Waals surface area contributed by atoms with Gasteiger partial charge in [-0.05, 0) is 20.8 Å². The van der Waals surface area contributed by atoms with Crippen LogP contribution in [0.1, 0.15) is 20.8 Å². The van der Waals surface area contributed by atoms with Gasteiger partial charge in [-0.3, -0.25) is 0 Å². The Hall–Kier alpha value is -0.340. The van der Waals surface area contributed by atoms with Crippen molar-refractivity contribution < 1.29 is 9.84 Å². The largest absolute Gasteiger partial charge is 0.393 e. The van der Waals surface area contributed by atoms with E-state index >= 15 is 0 Å². The fourth-order valence-corrected chi connectivity index (χ4v) is 0.416. The molecular weight excluding hydrogens is 128 g/mol. The van der Waals surface area contributed by atoms with E-state index in [1.807, 2.05) is 32.9 Å². The second-order valence-corrected chi connectivity index (χ2v) is 2.80. The third-order valence-corrected chi connectivity index (χ3v) is 1.19. The summed E-state index contributed by atoms with van der Waals surface area (Å²) in [4.78, 5) is 0. The Kier molecular flexibility index (Phi) is 4.32. The quantitative estimate of drug-likeness (QED) is 0.603. The van der Waals surface area contributed by atoms with Crippen LogP contribution in [0, 0.1) is 0 Å². The van der Waals surface area contributed by atoms with Gasteiger partial charge < -0.3 is 9.84 Å². The molecule has 0 fully saturated rings. The Labute approximate surface area is 62.5 Å². The van der Waals surface area contributed by atoms with E-state index in [0.717, 1.165) is 0 Å². The van der Waals surface area contributed by atoms with Crippen LogP contribution in [-0.2, 0) is 4.74 Å². The third-order valence-electron chi connectivity index (χ3n) is 1.19. The molecule has 0 aromatic heterocycles. The van der Waals surface area contributed by atoms with Gasteiger partial charge in [-0.1, -0.05) is 12.2 Å². The van der Waals surface area contributed by atoms with Crippen molar-refractivity contribution in [3.8, 4) is 0 Å². The first-order valence-corrected chi connectivity index (χ1v) is 3.48. The van der Waals surface area contributed by atoms with Crippen LogP contribution in [0.3, 0.4) is 0 Å². The molecule has 0 aliphatic carbocycles. The Morgan fingerprint density at radius 1 is 1.50 bits per heavy atom. The van der Waals surface area contributed by atoms with Crippen LogP contribution >= 0.6 is 0 Å². The smallest absolute Gasteiger partial charge is 0.0860 e. The fraction of sp³-hybridized carbons (Fsp3) is 0.750. The number of rotatable bonds is 4. The standard InChI is InChI=1S/C8H16O2/c1-4-5-6-10-8(2,3)7-9/h4-5,9H,6-7H2,1-3H3/b5-4+. The van der Waals surface area contributed by atoms with Crippen molar-refractivity contribution in [3.63, 3.8) is 0 Å². The molecule has 0 spiro atoms. The highest BCUT2D eigenvalue weighted by Crippen LogP contribution is 2.06. The van der Waals surface area contributed by atoms with E-state index in [1.165, 1.54) is 0 Å². The van der Waals surface area contributed by atoms with E-state index in [-0.39, 0.29) is 6.61 Å². The summed E-state index contributed by atoms with van der Waals surface area (Å²) < 4.78 is 5.28. The lowest BCUT2D eigenvalue weighted by Gasteiger charge is -2.21. The van der Waals surface area contributed by atoms with Crippen LogP contribution in [0.4, 0.5) is 0 Å². The van der Waals surface area contributed by atoms with E-state index < -0.39 is 5.60 Å². The first-order valence-electron chi connectivity index (χ1n) is 3.48. The lowest BCUT2D eigenvalue weighted by molar-refractivity contribution is -0.0406. The molecular formula is C8H16O2. The summed E-state index contributed by atoms with van der Waals surface area (Å²) >= 11 is 0. The van der Waals surface area contributed by atoms with Crippen LogP contribution in [0.5, 0.6) is 0 Å². The molecule has 0 aromatic rings. The Morgan fingerprint density at radius 2 is 2.10 bits per heavy atom. The maximum Gasteiger partial charge on any atom is 0.0860 e. The van der Waals surface area contributed by atoms with Crippen LogP contribution in [0.15, 0.2) is 12.2 Å². The van der Waals surface area contributed by atoms with E-state index in [4.69, 9.17) is 9.84 Å². The highest BCUT2D eigenvalue weighted by molar-refractivity contribution is 4.78. The van der Waals surface area contributed by atoms with Crippen molar-refractivity contribution in [2.75, 3.05) is 13.2 Å². The number of allylic oxidation sites excluding steroid dienone is 1. The minimum Gasteiger partial charge on any atom is -0.393 e. The molecule has 0 bridgehead atoms. The first-order chi connectivity index (χ1) is 4.62. The number of hydrogen-bond acceptors (Lipinski definition) is 2. The minimum absolute atomic E-state index is 0.0601. The van der Waals surface area contributed by atoms with Crippen LogP contribution in [-0.4, -0.2) is 23.9 Å². The van der Waals surface area contributed by atoms with Gasteiger partial charge in [-0.15, -0.1) is 0 Å². The minimum atomic E-state index is -0.403. The summed E-state index contributed by atoms with van der Waals surface area (Å²) in [6.07, 6.45) is 3.84. The molecule has 2 heteroatoms. The summed E-state index contributed by atoms with van der Waals surface area (Å²) in [5.74, 6) is 0. The van der Waals surface area contributed by atoms with Crippen LogP contribution < -0.4 is 0 Å². The van der Waals surface area contributed by atoms with Crippen molar-refractivity contribution in [2.24, 2.45) is 0 Å². The molecule has 0 radical (unpaired) electrons. The molecule has 0 amide bonds. The molecule has 0 saturated carbocycles. The van der Waals surface area contributed by atoms with Crippen LogP contribution in [0.2, 0.25) is 0 Å². The van der Waals surface area contributed by atoms with Gasteiger partial charge in [-0.25, -0.2) is 0 Å². The van der Waals surface area contributed by atoms with Gasteiger partial charge in [0.25, 0.3) is 0 Å². The maximum atomic E-state index is 8.74. The average molecular weight is 144 g/mol. The first kappa shape index (κ1) is 9.66. The SMILES string of the molecule is C/C=C/COC(C)(C)CO. The van der Waals surface area contributed by atoms with Crippen molar-refractivity contribution in [1.82, 2.24) is 0 Å². The Balaban J connectivity index is 3.46. The molecule has 60 valence electrons. The lowest BCUT2D eigenvalue weighted by atomic mass is 10.1. The topological polar surface area (TPSA) is 29.5 Å². The third kappa shape index (κ3) is 4.53. The van der Waals surface area contributed by atoms with E-state index in [0.29, 0.717) is 6.61 Å². The average Bonchev–Trinajstić information content (AvgIpc) is 1.89. The zero-order valence-corrected chi connectivity index (χ0v) is 6.92. The van der Waals surface area contributed by atoms with Gasteiger partial charge in [0.15, 0.2) is 0 Å². The zero-order valence-electron chi connectivity index (χ0n) is 6.92. The van der Waals surface area contributed by atoms with Crippen molar-refractivity contribution in [2.45, 2.75) is 26.4 Å². The number of aliphatic hydroxyl groups is 1. The molecule has 0 unspecified atom stereocenters. The van der Waals surface area contributed by atoms with E-state index in [1.54, 1.807) is 0 Å². The molecule has 0 aliphatic rings. The molecule has 1 N–H and O–H groups in total. The summed E-state index contributed by atoms with van der Waals surface area (Å²) in [5, 5.41) is 8.74. The summed E-state index contributed by atoms with van der Waals surface area (Å²) in [6, 6.07) is 0. The highest BCUT2D eigenvalue weighted by atomic mass is 16.5. The molecule has 0 atom stereocenters. The molecule has 0 rings (SSSR count).